The fraction of sp³-hybridized carbons (Fsp3) is 0.600. The number of carbonyl (C=O) groups excluding carboxylic acids is 2. The Bertz CT molecular complexity index is 689. The Labute approximate surface area is 142 Å². The topological polar surface area (TPSA) is 58.2 Å². The molecule has 1 aromatic rings. The maximum Gasteiger partial charge on any atom is 0.251 e. The van der Waals surface area contributed by atoms with E-state index in [1.54, 1.807) is 0 Å². The summed E-state index contributed by atoms with van der Waals surface area (Å²) in [5.74, 6) is 2.45. The molecule has 4 nitrogen and oxygen atoms in total. The smallest absolute Gasteiger partial charge is 0.251 e. The SMILES string of the molecule is O=C1NCCc2ccc(NC(=O)C34CC5CC(CC(C5)C3)C4)cc21. The van der Waals surface area contributed by atoms with Gasteiger partial charge in [-0.2, -0.15) is 0 Å². The summed E-state index contributed by atoms with van der Waals surface area (Å²) in [5.41, 5.74) is 2.41. The lowest BCUT2D eigenvalue weighted by atomic mass is 9.49. The molecule has 4 aliphatic carbocycles. The van der Waals surface area contributed by atoms with Gasteiger partial charge in [-0.1, -0.05) is 6.07 Å². The number of carbonyl (C=O) groups is 2. The zero-order chi connectivity index (χ0) is 16.3. The lowest BCUT2D eigenvalue weighted by Crippen LogP contribution is -2.51. The Balaban J connectivity index is 1.39. The summed E-state index contributed by atoms with van der Waals surface area (Å²) >= 11 is 0. The van der Waals surface area contributed by atoms with Gasteiger partial charge < -0.3 is 10.6 Å². The largest absolute Gasteiger partial charge is 0.352 e. The molecule has 126 valence electrons. The lowest BCUT2D eigenvalue weighted by Gasteiger charge is -2.55. The van der Waals surface area contributed by atoms with Gasteiger partial charge in [-0.25, -0.2) is 0 Å². The van der Waals surface area contributed by atoms with Crippen molar-refractivity contribution in [3.63, 3.8) is 0 Å². The van der Waals surface area contributed by atoms with E-state index in [-0.39, 0.29) is 17.2 Å². The molecule has 2 N–H and O–H groups in total. The molecule has 1 aromatic carbocycles. The van der Waals surface area contributed by atoms with Gasteiger partial charge in [0.15, 0.2) is 0 Å². The van der Waals surface area contributed by atoms with E-state index in [1.807, 2.05) is 18.2 Å². The van der Waals surface area contributed by atoms with E-state index in [0.717, 1.165) is 54.7 Å². The summed E-state index contributed by atoms with van der Waals surface area (Å²) in [7, 11) is 0. The quantitative estimate of drug-likeness (QED) is 0.878. The van der Waals surface area contributed by atoms with Crippen LogP contribution in [0.25, 0.3) is 0 Å². The van der Waals surface area contributed by atoms with Crippen molar-refractivity contribution in [3.05, 3.63) is 29.3 Å². The standard InChI is InChI=1S/C20H24N2O2/c23-18-17-8-16(2-1-15(17)3-4-21-18)22-19(24)20-9-12-5-13(10-20)7-14(6-12)11-20/h1-2,8,12-14H,3-7,9-11H2,(H,21,23)(H,22,24). The molecule has 0 aromatic heterocycles. The zero-order valence-electron chi connectivity index (χ0n) is 13.9. The maximum atomic E-state index is 13.1. The van der Waals surface area contributed by atoms with Crippen LogP contribution in [0.3, 0.4) is 0 Å². The second-order valence-corrected chi connectivity index (χ2v) is 8.53. The van der Waals surface area contributed by atoms with Gasteiger partial charge in [0.05, 0.1) is 5.41 Å². The number of rotatable bonds is 2. The van der Waals surface area contributed by atoms with Crippen molar-refractivity contribution in [1.82, 2.24) is 5.32 Å². The predicted molar refractivity (Wildman–Crippen MR) is 91.7 cm³/mol. The molecular formula is C20H24N2O2. The highest BCUT2D eigenvalue weighted by molar-refractivity contribution is 6.00. The first kappa shape index (κ1) is 14.5. The normalized spacial score (nSPS) is 36.2. The molecule has 4 saturated carbocycles. The van der Waals surface area contributed by atoms with Crippen molar-refractivity contribution in [2.45, 2.75) is 44.9 Å². The van der Waals surface area contributed by atoms with Crippen LogP contribution in [-0.2, 0) is 11.2 Å². The maximum absolute atomic E-state index is 13.1. The molecule has 4 bridgehead atoms. The van der Waals surface area contributed by atoms with E-state index in [1.165, 1.54) is 19.3 Å². The van der Waals surface area contributed by atoms with Gasteiger partial charge in [-0.3, -0.25) is 9.59 Å². The van der Waals surface area contributed by atoms with Crippen molar-refractivity contribution in [2.24, 2.45) is 23.2 Å². The number of anilines is 1. The molecule has 4 heteroatoms. The van der Waals surface area contributed by atoms with Crippen LogP contribution >= 0.6 is 0 Å². The summed E-state index contributed by atoms with van der Waals surface area (Å²) in [5, 5.41) is 6.03. The minimum atomic E-state index is -0.146. The van der Waals surface area contributed by atoms with Crippen molar-refractivity contribution in [1.29, 1.82) is 0 Å². The first-order valence-corrected chi connectivity index (χ1v) is 9.34. The monoisotopic (exact) mass is 324 g/mol. The van der Waals surface area contributed by atoms with E-state index in [0.29, 0.717) is 12.1 Å². The van der Waals surface area contributed by atoms with Gasteiger partial charge in [-0.05, 0) is 80.4 Å². The van der Waals surface area contributed by atoms with Crippen molar-refractivity contribution >= 4 is 17.5 Å². The van der Waals surface area contributed by atoms with E-state index < -0.39 is 0 Å². The molecule has 0 spiro atoms. The van der Waals surface area contributed by atoms with Crippen LogP contribution in [0.2, 0.25) is 0 Å². The molecule has 0 saturated heterocycles. The highest BCUT2D eigenvalue weighted by Gasteiger charge is 2.54. The van der Waals surface area contributed by atoms with Crippen LogP contribution in [0.5, 0.6) is 0 Å². The minimum Gasteiger partial charge on any atom is -0.352 e. The lowest BCUT2D eigenvalue weighted by molar-refractivity contribution is -0.140. The van der Waals surface area contributed by atoms with E-state index in [2.05, 4.69) is 10.6 Å². The molecule has 24 heavy (non-hydrogen) atoms. The first-order chi connectivity index (χ1) is 11.6. The van der Waals surface area contributed by atoms with Gasteiger partial charge >= 0.3 is 0 Å². The number of fused-ring (bicyclic) bond motifs is 1. The van der Waals surface area contributed by atoms with E-state index in [4.69, 9.17) is 0 Å². The first-order valence-electron chi connectivity index (χ1n) is 9.34. The molecule has 0 atom stereocenters. The summed E-state index contributed by atoms with van der Waals surface area (Å²) in [6, 6.07) is 5.79. The van der Waals surface area contributed by atoms with Gasteiger partial charge in [-0.15, -0.1) is 0 Å². The molecule has 1 aliphatic heterocycles. The Hall–Kier alpha value is -1.84. The van der Waals surface area contributed by atoms with Crippen LogP contribution in [0.4, 0.5) is 5.69 Å². The van der Waals surface area contributed by atoms with Crippen LogP contribution in [0, 0.1) is 23.2 Å². The Kier molecular flexibility index (Phi) is 3.07. The van der Waals surface area contributed by atoms with Crippen LogP contribution < -0.4 is 10.6 Å². The average Bonchev–Trinajstić information content (AvgIpc) is 2.54. The van der Waals surface area contributed by atoms with Gasteiger partial charge in [0, 0.05) is 17.8 Å². The predicted octanol–water partition coefficient (Wildman–Crippen LogP) is 3.13. The van der Waals surface area contributed by atoms with E-state index in [9.17, 15) is 9.59 Å². The Morgan fingerprint density at radius 2 is 1.75 bits per heavy atom. The summed E-state index contributed by atoms with van der Waals surface area (Å²) in [6.07, 6.45) is 8.08. The summed E-state index contributed by atoms with van der Waals surface area (Å²) < 4.78 is 0. The van der Waals surface area contributed by atoms with Crippen molar-refractivity contribution < 1.29 is 9.59 Å². The molecular weight excluding hydrogens is 300 g/mol. The number of amides is 2. The molecule has 0 unspecified atom stereocenters. The second kappa shape index (κ2) is 5.08. The van der Waals surface area contributed by atoms with Crippen LogP contribution in [-0.4, -0.2) is 18.4 Å². The van der Waals surface area contributed by atoms with Crippen LogP contribution in [0.15, 0.2) is 18.2 Å². The third kappa shape index (κ3) is 2.19. The molecule has 0 radical (unpaired) electrons. The summed E-state index contributed by atoms with van der Waals surface area (Å²) in [4.78, 5) is 25.1. The molecule has 6 rings (SSSR count). The molecule has 5 aliphatic rings. The fourth-order valence-corrected chi connectivity index (χ4v) is 6.14. The second-order valence-electron chi connectivity index (χ2n) is 8.53. The minimum absolute atomic E-state index is 0.0258. The Morgan fingerprint density at radius 1 is 1.08 bits per heavy atom. The highest BCUT2D eigenvalue weighted by atomic mass is 16.2. The van der Waals surface area contributed by atoms with Gasteiger partial charge in [0.1, 0.15) is 0 Å². The van der Waals surface area contributed by atoms with Crippen molar-refractivity contribution in [3.8, 4) is 0 Å². The third-order valence-electron chi connectivity index (χ3n) is 6.81. The van der Waals surface area contributed by atoms with E-state index >= 15 is 0 Å². The number of hydrogen-bond acceptors (Lipinski definition) is 2. The van der Waals surface area contributed by atoms with Gasteiger partial charge in [0.2, 0.25) is 5.91 Å². The molecule has 1 heterocycles. The highest BCUT2D eigenvalue weighted by Crippen LogP contribution is 2.60. The number of nitrogens with one attached hydrogen (secondary N) is 2. The fourth-order valence-electron chi connectivity index (χ4n) is 6.14. The summed E-state index contributed by atoms with van der Waals surface area (Å²) in [6.45, 7) is 0.699. The molecule has 4 fully saturated rings. The zero-order valence-corrected chi connectivity index (χ0v) is 13.9. The third-order valence-corrected chi connectivity index (χ3v) is 6.81. The van der Waals surface area contributed by atoms with Gasteiger partial charge in [0.25, 0.3) is 5.91 Å². The average molecular weight is 324 g/mol. The Morgan fingerprint density at radius 3 is 2.42 bits per heavy atom. The molecule has 2 amide bonds. The van der Waals surface area contributed by atoms with Crippen LogP contribution in [0.1, 0.15) is 54.4 Å². The number of benzene rings is 1. The van der Waals surface area contributed by atoms with Crippen molar-refractivity contribution in [2.75, 3.05) is 11.9 Å². The number of hydrogen-bond donors (Lipinski definition) is 2.